The molecule has 3 aromatic carbocycles. The molecule has 0 bridgehead atoms. The lowest BCUT2D eigenvalue weighted by Gasteiger charge is -2.19. The van der Waals surface area contributed by atoms with Gasteiger partial charge in [-0.1, -0.05) is 54.1 Å². The summed E-state index contributed by atoms with van der Waals surface area (Å²) in [5.74, 6) is 0.420. The Hall–Kier alpha value is -1.95. The average molecular weight is 435 g/mol. The van der Waals surface area contributed by atoms with Crippen LogP contribution in [0.5, 0.6) is 0 Å². The van der Waals surface area contributed by atoms with Gasteiger partial charge in [-0.15, -0.1) is 11.8 Å². The van der Waals surface area contributed by atoms with Gasteiger partial charge in [0.15, 0.2) is 0 Å². The van der Waals surface area contributed by atoms with E-state index in [1.54, 1.807) is 11.8 Å². The first-order chi connectivity index (χ1) is 13.8. The first-order valence-electron chi connectivity index (χ1n) is 9.17. The molecule has 1 aliphatic rings. The molecule has 1 aliphatic carbocycles. The first kappa shape index (κ1) is 20.3. The standard InChI is InChI=1S/C23H18ClF3OS/c24-20-12-16(23(25,26)27)6-8-19(20)22-18-9-7-17(10-15(18)11-21(22)28)29-13-14-4-2-1-3-5-14/h1-10,12,21-22,28H,11,13H2. The van der Waals surface area contributed by atoms with Crippen LogP contribution in [0.15, 0.2) is 71.6 Å². The van der Waals surface area contributed by atoms with Crippen LogP contribution < -0.4 is 0 Å². The van der Waals surface area contributed by atoms with Gasteiger partial charge in [-0.05, 0) is 52.9 Å². The Morgan fingerprint density at radius 2 is 1.69 bits per heavy atom. The van der Waals surface area contributed by atoms with E-state index in [-0.39, 0.29) is 5.02 Å². The van der Waals surface area contributed by atoms with Crippen molar-refractivity contribution >= 4 is 23.4 Å². The first-order valence-corrected chi connectivity index (χ1v) is 10.5. The summed E-state index contributed by atoms with van der Waals surface area (Å²) < 4.78 is 38.8. The number of fused-ring (bicyclic) bond motifs is 1. The van der Waals surface area contributed by atoms with E-state index in [1.165, 1.54) is 11.6 Å². The number of rotatable bonds is 4. The van der Waals surface area contributed by atoms with Crippen LogP contribution in [0.4, 0.5) is 13.2 Å². The summed E-state index contributed by atoms with van der Waals surface area (Å²) in [6.07, 6.45) is -4.70. The Bertz CT molecular complexity index is 1020. The van der Waals surface area contributed by atoms with Crippen molar-refractivity contribution in [1.82, 2.24) is 0 Å². The summed E-state index contributed by atoms with van der Waals surface area (Å²) in [4.78, 5) is 1.10. The molecule has 2 unspecified atom stereocenters. The Morgan fingerprint density at radius 3 is 2.38 bits per heavy atom. The van der Waals surface area contributed by atoms with Crippen LogP contribution in [-0.2, 0) is 18.3 Å². The normalized spacial score (nSPS) is 18.7. The summed E-state index contributed by atoms with van der Waals surface area (Å²) in [6, 6.07) is 19.5. The quantitative estimate of drug-likeness (QED) is 0.461. The average Bonchev–Trinajstić information content (AvgIpc) is 3.01. The predicted octanol–water partition coefficient (Wildman–Crippen LogP) is 6.70. The smallest absolute Gasteiger partial charge is 0.392 e. The van der Waals surface area contributed by atoms with Crippen LogP contribution in [0.25, 0.3) is 0 Å². The third-order valence-electron chi connectivity index (χ3n) is 5.17. The summed E-state index contributed by atoms with van der Waals surface area (Å²) in [5, 5.41) is 10.7. The molecule has 6 heteroatoms. The monoisotopic (exact) mass is 434 g/mol. The van der Waals surface area contributed by atoms with Crippen molar-refractivity contribution in [3.05, 3.63) is 99.6 Å². The lowest BCUT2D eigenvalue weighted by atomic mass is 9.91. The molecule has 0 aliphatic heterocycles. The van der Waals surface area contributed by atoms with Crippen molar-refractivity contribution in [2.75, 3.05) is 0 Å². The summed E-state index contributed by atoms with van der Waals surface area (Å²) >= 11 is 7.89. The molecule has 3 aromatic rings. The van der Waals surface area contributed by atoms with Crippen molar-refractivity contribution in [2.45, 2.75) is 35.3 Å². The van der Waals surface area contributed by atoms with Gasteiger partial charge >= 0.3 is 6.18 Å². The van der Waals surface area contributed by atoms with Gasteiger partial charge in [0.1, 0.15) is 0 Å². The van der Waals surface area contributed by atoms with Crippen molar-refractivity contribution in [1.29, 1.82) is 0 Å². The third-order valence-corrected chi connectivity index (χ3v) is 6.57. The predicted molar refractivity (Wildman–Crippen MR) is 110 cm³/mol. The molecule has 2 atom stereocenters. The molecule has 4 rings (SSSR count). The van der Waals surface area contributed by atoms with E-state index < -0.39 is 23.8 Å². The van der Waals surface area contributed by atoms with E-state index in [2.05, 4.69) is 18.2 Å². The zero-order chi connectivity index (χ0) is 20.6. The van der Waals surface area contributed by atoms with Crippen LogP contribution in [-0.4, -0.2) is 11.2 Å². The van der Waals surface area contributed by atoms with Gasteiger partial charge in [0.25, 0.3) is 0 Å². The van der Waals surface area contributed by atoms with E-state index in [0.717, 1.165) is 33.9 Å². The number of hydrogen-bond donors (Lipinski definition) is 1. The minimum Gasteiger partial charge on any atom is -0.392 e. The number of thioether (sulfide) groups is 1. The molecule has 0 saturated heterocycles. The highest BCUT2D eigenvalue weighted by molar-refractivity contribution is 7.98. The Kier molecular flexibility index (Phi) is 5.65. The lowest BCUT2D eigenvalue weighted by molar-refractivity contribution is -0.137. The Balaban J connectivity index is 1.58. The van der Waals surface area contributed by atoms with Crippen LogP contribution in [0.2, 0.25) is 5.02 Å². The van der Waals surface area contributed by atoms with E-state index >= 15 is 0 Å². The maximum Gasteiger partial charge on any atom is 0.416 e. The number of benzene rings is 3. The van der Waals surface area contributed by atoms with Gasteiger partial charge in [-0.2, -0.15) is 13.2 Å². The van der Waals surface area contributed by atoms with Crippen molar-refractivity contribution in [3.63, 3.8) is 0 Å². The van der Waals surface area contributed by atoms with Crippen molar-refractivity contribution < 1.29 is 18.3 Å². The number of halogens is 4. The maximum absolute atomic E-state index is 12.9. The summed E-state index contributed by atoms with van der Waals surface area (Å²) in [7, 11) is 0. The molecular formula is C23H18ClF3OS. The molecule has 0 heterocycles. The molecule has 0 fully saturated rings. The second-order valence-corrected chi connectivity index (χ2v) is 8.57. The highest BCUT2D eigenvalue weighted by atomic mass is 35.5. The topological polar surface area (TPSA) is 20.2 Å². The molecule has 1 nitrogen and oxygen atoms in total. The largest absolute Gasteiger partial charge is 0.416 e. The molecule has 1 N–H and O–H groups in total. The minimum atomic E-state index is -4.45. The molecule has 0 amide bonds. The highest BCUT2D eigenvalue weighted by Crippen LogP contribution is 2.43. The second-order valence-electron chi connectivity index (χ2n) is 7.12. The van der Waals surface area contributed by atoms with Gasteiger partial charge in [-0.3, -0.25) is 0 Å². The van der Waals surface area contributed by atoms with Crippen LogP contribution >= 0.6 is 23.4 Å². The molecular weight excluding hydrogens is 417 g/mol. The third kappa shape index (κ3) is 4.32. The SMILES string of the molecule is OC1Cc2cc(SCc3ccccc3)ccc2C1c1ccc(C(F)(F)F)cc1Cl. The number of alkyl halides is 3. The Labute approximate surface area is 176 Å². The van der Waals surface area contributed by atoms with Gasteiger partial charge < -0.3 is 5.11 Å². The van der Waals surface area contributed by atoms with Gasteiger partial charge in [0.2, 0.25) is 0 Å². The molecule has 29 heavy (non-hydrogen) atoms. The lowest BCUT2D eigenvalue weighted by Crippen LogP contribution is -2.15. The van der Waals surface area contributed by atoms with Gasteiger partial charge in [-0.25, -0.2) is 0 Å². The summed E-state index contributed by atoms with van der Waals surface area (Å²) in [5.41, 5.74) is 2.90. The van der Waals surface area contributed by atoms with E-state index in [9.17, 15) is 18.3 Å². The summed E-state index contributed by atoms with van der Waals surface area (Å²) in [6.45, 7) is 0. The van der Waals surface area contributed by atoms with Gasteiger partial charge in [0.05, 0.1) is 11.7 Å². The minimum absolute atomic E-state index is 0.0271. The van der Waals surface area contributed by atoms with Crippen LogP contribution in [0, 0.1) is 0 Å². The Morgan fingerprint density at radius 1 is 0.966 bits per heavy atom. The van der Waals surface area contributed by atoms with Gasteiger partial charge in [0, 0.05) is 21.6 Å². The van der Waals surface area contributed by atoms with Crippen LogP contribution in [0.1, 0.15) is 33.7 Å². The van der Waals surface area contributed by atoms with E-state index in [4.69, 9.17) is 11.6 Å². The fraction of sp³-hybridized carbons (Fsp3) is 0.217. The molecule has 150 valence electrons. The van der Waals surface area contributed by atoms with Crippen molar-refractivity contribution in [3.8, 4) is 0 Å². The van der Waals surface area contributed by atoms with Crippen LogP contribution in [0.3, 0.4) is 0 Å². The molecule has 0 saturated carbocycles. The number of aliphatic hydroxyl groups excluding tert-OH is 1. The zero-order valence-corrected chi connectivity index (χ0v) is 16.9. The zero-order valence-electron chi connectivity index (χ0n) is 15.3. The molecule has 0 aromatic heterocycles. The molecule has 0 radical (unpaired) electrons. The maximum atomic E-state index is 12.9. The highest BCUT2D eigenvalue weighted by Gasteiger charge is 2.36. The fourth-order valence-electron chi connectivity index (χ4n) is 3.77. The number of aliphatic hydroxyl groups is 1. The fourth-order valence-corrected chi connectivity index (χ4v) is 4.99. The van der Waals surface area contributed by atoms with E-state index in [1.807, 2.05) is 30.3 Å². The second kappa shape index (κ2) is 8.05. The molecule has 0 spiro atoms. The van der Waals surface area contributed by atoms with Crippen molar-refractivity contribution in [2.24, 2.45) is 0 Å². The number of hydrogen-bond acceptors (Lipinski definition) is 2. The van der Waals surface area contributed by atoms with E-state index in [0.29, 0.717) is 12.0 Å².